The van der Waals surface area contributed by atoms with Crippen molar-refractivity contribution < 1.29 is 14.3 Å². The number of carbonyl (C=O) groups is 2. The molecule has 0 rings (SSSR count). The number of likely N-dealkylation sites (N-methyl/N-ethyl adjacent to an activating group) is 2. The largest absolute Gasteiger partial charge is 0.464 e. The highest BCUT2D eigenvalue weighted by Crippen LogP contribution is 2.08. The van der Waals surface area contributed by atoms with Crippen LogP contribution in [0.1, 0.15) is 13.3 Å². The summed E-state index contributed by atoms with van der Waals surface area (Å²) in [5, 5.41) is 0. The Balaban J connectivity index is 4.78. The van der Waals surface area contributed by atoms with Gasteiger partial charge < -0.3 is 14.5 Å². The summed E-state index contributed by atoms with van der Waals surface area (Å²) in [4.78, 5) is 26.6. The van der Waals surface area contributed by atoms with E-state index in [1.54, 1.807) is 33.2 Å². The zero-order valence-corrected chi connectivity index (χ0v) is 11.4. The molecule has 5 heteroatoms. The third kappa shape index (κ3) is 4.61. The first-order valence-electron chi connectivity index (χ1n) is 5.85. The van der Waals surface area contributed by atoms with Crippen molar-refractivity contribution in [2.45, 2.75) is 19.4 Å². The molecule has 0 N–H and O–H groups in total. The quantitative estimate of drug-likeness (QED) is 0.513. The lowest BCUT2D eigenvalue weighted by atomic mass is 10.2. The van der Waals surface area contributed by atoms with Crippen molar-refractivity contribution in [3.05, 3.63) is 25.3 Å². The maximum Gasteiger partial charge on any atom is 0.329 e. The minimum absolute atomic E-state index is 0.255. The number of hydrogen-bond donors (Lipinski definition) is 0. The van der Waals surface area contributed by atoms with Crippen LogP contribution in [0, 0.1) is 0 Å². The molecule has 0 radical (unpaired) electrons. The second kappa shape index (κ2) is 8.33. The molecule has 0 heterocycles. The van der Waals surface area contributed by atoms with E-state index in [1.807, 2.05) is 0 Å². The van der Waals surface area contributed by atoms with Crippen LogP contribution in [0.5, 0.6) is 0 Å². The smallest absolute Gasteiger partial charge is 0.329 e. The van der Waals surface area contributed by atoms with Gasteiger partial charge in [0.25, 0.3) is 0 Å². The molecule has 0 spiro atoms. The molecule has 1 unspecified atom stereocenters. The van der Waals surface area contributed by atoms with Crippen LogP contribution >= 0.6 is 0 Å². The molecule has 5 nitrogen and oxygen atoms in total. The Morgan fingerprint density at radius 2 is 1.89 bits per heavy atom. The second-order valence-electron chi connectivity index (χ2n) is 3.85. The van der Waals surface area contributed by atoms with E-state index in [1.165, 1.54) is 9.80 Å². The van der Waals surface area contributed by atoms with E-state index < -0.39 is 12.0 Å². The standard InChI is InChI=1S/C13H22N2O3/c1-6-9-11(12(16)18-8-3)15(5)13(17)14(4)10-7-2/h6-7,11H,1-2,8-10H2,3-5H3. The third-order valence-corrected chi connectivity index (χ3v) is 2.45. The summed E-state index contributed by atoms with van der Waals surface area (Å²) in [6.07, 6.45) is 3.58. The lowest BCUT2D eigenvalue weighted by Crippen LogP contribution is -2.48. The van der Waals surface area contributed by atoms with Crippen LogP contribution in [-0.2, 0) is 9.53 Å². The average Bonchev–Trinajstić information content (AvgIpc) is 2.34. The molecule has 1 atom stereocenters. The highest BCUT2D eigenvalue weighted by Gasteiger charge is 2.28. The molecule has 0 aliphatic heterocycles. The van der Waals surface area contributed by atoms with Crippen LogP contribution in [0.2, 0.25) is 0 Å². The first-order chi connectivity index (χ1) is 8.49. The fourth-order valence-corrected chi connectivity index (χ4v) is 1.48. The second-order valence-corrected chi connectivity index (χ2v) is 3.85. The van der Waals surface area contributed by atoms with Gasteiger partial charge in [-0.15, -0.1) is 13.2 Å². The lowest BCUT2D eigenvalue weighted by Gasteiger charge is -2.29. The summed E-state index contributed by atoms with van der Waals surface area (Å²) in [5.74, 6) is -0.416. The Bertz CT molecular complexity index is 315. The monoisotopic (exact) mass is 254 g/mol. The van der Waals surface area contributed by atoms with E-state index in [0.717, 1.165) is 0 Å². The van der Waals surface area contributed by atoms with Crippen LogP contribution in [0.15, 0.2) is 25.3 Å². The highest BCUT2D eigenvalue weighted by atomic mass is 16.5. The van der Waals surface area contributed by atoms with Gasteiger partial charge >= 0.3 is 12.0 Å². The van der Waals surface area contributed by atoms with E-state index in [9.17, 15) is 9.59 Å². The molecular weight excluding hydrogens is 232 g/mol. The van der Waals surface area contributed by atoms with Crippen LogP contribution in [0.4, 0.5) is 4.79 Å². The van der Waals surface area contributed by atoms with Crippen molar-refractivity contribution in [3.63, 3.8) is 0 Å². The number of nitrogens with zero attached hydrogens (tertiary/aromatic N) is 2. The molecule has 0 saturated heterocycles. The van der Waals surface area contributed by atoms with Gasteiger partial charge in [-0.2, -0.15) is 0 Å². The van der Waals surface area contributed by atoms with Gasteiger partial charge in [-0.1, -0.05) is 12.2 Å². The summed E-state index contributed by atoms with van der Waals surface area (Å²) >= 11 is 0. The van der Waals surface area contributed by atoms with Crippen LogP contribution in [0.25, 0.3) is 0 Å². The van der Waals surface area contributed by atoms with Gasteiger partial charge in [0, 0.05) is 20.6 Å². The molecule has 0 fully saturated rings. The average molecular weight is 254 g/mol. The summed E-state index contributed by atoms with van der Waals surface area (Å²) < 4.78 is 4.95. The Kier molecular flexibility index (Phi) is 7.51. The number of esters is 1. The molecule has 0 aromatic heterocycles. The Morgan fingerprint density at radius 3 is 2.33 bits per heavy atom. The molecule has 0 saturated carbocycles. The molecule has 102 valence electrons. The van der Waals surface area contributed by atoms with Gasteiger partial charge in [0.15, 0.2) is 0 Å². The maximum atomic E-state index is 12.0. The third-order valence-electron chi connectivity index (χ3n) is 2.45. The summed E-state index contributed by atoms with van der Waals surface area (Å²) in [7, 11) is 3.23. The van der Waals surface area contributed by atoms with Crippen molar-refractivity contribution in [3.8, 4) is 0 Å². The van der Waals surface area contributed by atoms with Crippen LogP contribution < -0.4 is 0 Å². The number of urea groups is 1. The van der Waals surface area contributed by atoms with Crippen molar-refractivity contribution in [2.24, 2.45) is 0 Å². The van der Waals surface area contributed by atoms with Crippen molar-refractivity contribution >= 4 is 12.0 Å². The van der Waals surface area contributed by atoms with E-state index >= 15 is 0 Å². The maximum absolute atomic E-state index is 12.0. The molecule has 0 aromatic carbocycles. The van der Waals surface area contributed by atoms with Gasteiger partial charge in [-0.05, 0) is 13.3 Å². The van der Waals surface area contributed by atoms with Gasteiger partial charge in [-0.25, -0.2) is 9.59 Å². The minimum Gasteiger partial charge on any atom is -0.464 e. The first-order valence-corrected chi connectivity index (χ1v) is 5.85. The van der Waals surface area contributed by atoms with Crippen molar-refractivity contribution in [1.82, 2.24) is 9.80 Å². The van der Waals surface area contributed by atoms with E-state index in [2.05, 4.69) is 13.2 Å². The number of rotatable bonds is 7. The molecular formula is C13H22N2O3. The topological polar surface area (TPSA) is 49.9 Å². The first kappa shape index (κ1) is 16.2. The fourth-order valence-electron chi connectivity index (χ4n) is 1.48. The fraction of sp³-hybridized carbons (Fsp3) is 0.538. The van der Waals surface area contributed by atoms with Crippen molar-refractivity contribution in [2.75, 3.05) is 27.2 Å². The van der Waals surface area contributed by atoms with Crippen LogP contribution in [-0.4, -0.2) is 55.1 Å². The number of ether oxygens (including phenoxy) is 1. The predicted molar refractivity (Wildman–Crippen MR) is 71.2 cm³/mol. The van der Waals surface area contributed by atoms with Gasteiger partial charge in [0.05, 0.1) is 6.61 Å². The zero-order chi connectivity index (χ0) is 14.1. The van der Waals surface area contributed by atoms with Crippen molar-refractivity contribution in [1.29, 1.82) is 0 Å². The summed E-state index contributed by atoms with van der Waals surface area (Å²) in [6.45, 7) is 9.60. The number of carbonyl (C=O) groups excluding carboxylic acids is 2. The van der Waals surface area contributed by atoms with Gasteiger partial charge in [0.1, 0.15) is 6.04 Å². The van der Waals surface area contributed by atoms with Crippen LogP contribution in [0.3, 0.4) is 0 Å². The Labute approximate surface area is 109 Å². The summed E-state index contributed by atoms with van der Waals surface area (Å²) in [5.41, 5.74) is 0. The van der Waals surface area contributed by atoms with E-state index in [0.29, 0.717) is 13.0 Å². The molecule has 18 heavy (non-hydrogen) atoms. The molecule has 0 aliphatic carbocycles. The van der Waals surface area contributed by atoms with Gasteiger partial charge in [0.2, 0.25) is 0 Å². The van der Waals surface area contributed by atoms with Gasteiger partial charge in [-0.3, -0.25) is 0 Å². The Hall–Kier alpha value is -1.78. The SMILES string of the molecule is C=CCC(C(=O)OCC)N(C)C(=O)N(C)CC=C. The highest BCUT2D eigenvalue weighted by molar-refractivity contribution is 5.83. The zero-order valence-electron chi connectivity index (χ0n) is 11.4. The molecule has 0 aromatic rings. The normalized spacial score (nSPS) is 11.3. The minimum atomic E-state index is -0.637. The van der Waals surface area contributed by atoms with E-state index in [4.69, 9.17) is 4.74 Å². The molecule has 0 bridgehead atoms. The molecule has 0 aliphatic rings. The molecule has 2 amide bonds. The number of hydrogen-bond acceptors (Lipinski definition) is 3. The van der Waals surface area contributed by atoms with E-state index in [-0.39, 0.29) is 12.6 Å². The summed E-state index contributed by atoms with van der Waals surface area (Å²) in [6, 6.07) is -0.892. The lowest BCUT2D eigenvalue weighted by molar-refractivity contribution is -0.148. The predicted octanol–water partition coefficient (Wildman–Crippen LogP) is 1.66. The number of amides is 2. The Morgan fingerprint density at radius 1 is 1.28 bits per heavy atom.